The van der Waals surface area contributed by atoms with Crippen LogP contribution in [0.25, 0.3) is 0 Å². The van der Waals surface area contributed by atoms with Gasteiger partial charge in [-0.05, 0) is 6.92 Å². The monoisotopic (exact) mass is 250 g/mol. The first kappa shape index (κ1) is 11.0. The average molecular weight is 251 g/mol. The van der Waals surface area contributed by atoms with Crippen molar-refractivity contribution in [3.8, 4) is 0 Å². The standard InChI is InChI=1S/C9H15BrO3/c1-7(5-10)8(11)12-4-3-9(2)6-13-9/h7H,3-6H2,1-2H3/t7-,9?/m1/s1. The van der Waals surface area contributed by atoms with Crippen LogP contribution in [0.1, 0.15) is 20.3 Å². The molecule has 1 aliphatic rings. The molecule has 0 aromatic rings. The highest BCUT2D eigenvalue weighted by molar-refractivity contribution is 9.09. The van der Waals surface area contributed by atoms with Gasteiger partial charge in [0.25, 0.3) is 0 Å². The molecular weight excluding hydrogens is 236 g/mol. The molecule has 2 atom stereocenters. The van der Waals surface area contributed by atoms with E-state index in [9.17, 15) is 4.79 Å². The lowest BCUT2D eigenvalue weighted by Crippen LogP contribution is -2.19. The van der Waals surface area contributed by atoms with Crippen molar-refractivity contribution in [3.63, 3.8) is 0 Å². The quantitative estimate of drug-likeness (QED) is 0.424. The Morgan fingerprint density at radius 1 is 1.77 bits per heavy atom. The van der Waals surface area contributed by atoms with Crippen molar-refractivity contribution < 1.29 is 14.3 Å². The third-order valence-corrected chi connectivity index (χ3v) is 3.12. The van der Waals surface area contributed by atoms with E-state index in [0.29, 0.717) is 11.9 Å². The van der Waals surface area contributed by atoms with E-state index in [0.717, 1.165) is 13.0 Å². The summed E-state index contributed by atoms with van der Waals surface area (Å²) in [5, 5.41) is 0.652. The van der Waals surface area contributed by atoms with Gasteiger partial charge in [-0.2, -0.15) is 0 Å². The van der Waals surface area contributed by atoms with Gasteiger partial charge in [-0.15, -0.1) is 0 Å². The largest absolute Gasteiger partial charge is 0.465 e. The number of halogens is 1. The fourth-order valence-corrected chi connectivity index (χ4v) is 1.10. The SMILES string of the molecule is C[C@H](CBr)C(=O)OCCC1(C)CO1. The van der Waals surface area contributed by atoms with Gasteiger partial charge in [0.2, 0.25) is 0 Å². The number of esters is 1. The molecule has 1 fully saturated rings. The summed E-state index contributed by atoms with van der Waals surface area (Å²) in [6.45, 7) is 5.12. The van der Waals surface area contributed by atoms with E-state index in [4.69, 9.17) is 9.47 Å². The maximum atomic E-state index is 11.2. The Hall–Kier alpha value is -0.0900. The summed E-state index contributed by atoms with van der Waals surface area (Å²) in [7, 11) is 0. The molecule has 4 heteroatoms. The fourth-order valence-electron chi connectivity index (χ4n) is 0.840. The Kier molecular flexibility index (Phi) is 3.74. The summed E-state index contributed by atoms with van der Waals surface area (Å²) >= 11 is 3.23. The van der Waals surface area contributed by atoms with Crippen LogP contribution in [0, 0.1) is 5.92 Å². The van der Waals surface area contributed by atoms with Crippen LogP contribution in [0.15, 0.2) is 0 Å². The molecule has 0 aromatic heterocycles. The number of hydrogen-bond acceptors (Lipinski definition) is 3. The van der Waals surface area contributed by atoms with Crippen molar-refractivity contribution in [2.24, 2.45) is 5.92 Å². The molecule has 76 valence electrons. The van der Waals surface area contributed by atoms with Crippen molar-refractivity contribution in [2.45, 2.75) is 25.9 Å². The topological polar surface area (TPSA) is 38.8 Å². The lowest BCUT2D eigenvalue weighted by molar-refractivity contribution is -0.147. The molecule has 0 saturated carbocycles. The molecule has 1 aliphatic heterocycles. The Morgan fingerprint density at radius 2 is 2.38 bits per heavy atom. The number of ether oxygens (including phenoxy) is 2. The average Bonchev–Trinajstić information content (AvgIpc) is 2.82. The molecule has 0 bridgehead atoms. The Labute approximate surface area is 86.9 Å². The Morgan fingerprint density at radius 3 is 2.85 bits per heavy atom. The van der Waals surface area contributed by atoms with E-state index in [2.05, 4.69) is 15.9 Å². The van der Waals surface area contributed by atoms with Crippen molar-refractivity contribution in [1.82, 2.24) is 0 Å². The fraction of sp³-hybridized carbons (Fsp3) is 0.889. The van der Waals surface area contributed by atoms with Gasteiger partial charge in [0.05, 0.1) is 24.7 Å². The number of hydrogen-bond donors (Lipinski definition) is 0. The van der Waals surface area contributed by atoms with Crippen LogP contribution in [0.5, 0.6) is 0 Å². The molecule has 0 aliphatic carbocycles. The minimum absolute atomic E-state index is 0.0160. The molecule has 1 heterocycles. The van der Waals surface area contributed by atoms with Gasteiger partial charge in [0.15, 0.2) is 0 Å². The minimum atomic E-state index is -0.138. The molecule has 0 amide bonds. The van der Waals surface area contributed by atoms with E-state index in [1.54, 1.807) is 0 Å². The van der Waals surface area contributed by atoms with E-state index in [-0.39, 0.29) is 17.5 Å². The van der Waals surface area contributed by atoms with Crippen molar-refractivity contribution in [1.29, 1.82) is 0 Å². The van der Waals surface area contributed by atoms with Gasteiger partial charge in [-0.25, -0.2) is 0 Å². The number of epoxide rings is 1. The predicted octanol–water partition coefficient (Wildman–Crippen LogP) is 1.74. The number of carbonyl (C=O) groups excluding carboxylic acids is 1. The van der Waals surface area contributed by atoms with E-state index in [1.165, 1.54) is 0 Å². The smallest absolute Gasteiger partial charge is 0.309 e. The second-order valence-corrected chi connectivity index (χ2v) is 4.36. The first-order valence-electron chi connectivity index (χ1n) is 4.44. The first-order chi connectivity index (χ1) is 6.07. The van der Waals surface area contributed by atoms with Crippen LogP contribution in [0.3, 0.4) is 0 Å². The Balaban J connectivity index is 2.08. The predicted molar refractivity (Wildman–Crippen MR) is 52.9 cm³/mol. The summed E-state index contributed by atoms with van der Waals surface area (Å²) in [5.41, 5.74) is -0.0160. The molecule has 0 radical (unpaired) electrons. The van der Waals surface area contributed by atoms with Crippen LogP contribution < -0.4 is 0 Å². The summed E-state index contributed by atoms with van der Waals surface area (Å²) in [4.78, 5) is 11.2. The highest BCUT2D eigenvalue weighted by Gasteiger charge is 2.38. The minimum Gasteiger partial charge on any atom is -0.465 e. The first-order valence-corrected chi connectivity index (χ1v) is 5.56. The third kappa shape index (κ3) is 3.65. The third-order valence-electron chi connectivity index (χ3n) is 2.15. The van der Waals surface area contributed by atoms with Crippen molar-refractivity contribution in [2.75, 3.05) is 18.5 Å². The van der Waals surface area contributed by atoms with Crippen LogP contribution in [0.4, 0.5) is 0 Å². The van der Waals surface area contributed by atoms with Gasteiger partial charge >= 0.3 is 5.97 Å². The zero-order chi connectivity index (χ0) is 9.90. The summed E-state index contributed by atoms with van der Waals surface area (Å²) in [5.74, 6) is -0.200. The summed E-state index contributed by atoms with van der Waals surface area (Å²) in [6.07, 6.45) is 0.799. The van der Waals surface area contributed by atoms with Crippen LogP contribution in [-0.4, -0.2) is 30.1 Å². The number of rotatable bonds is 5. The van der Waals surface area contributed by atoms with Crippen molar-refractivity contribution >= 4 is 21.9 Å². The lowest BCUT2D eigenvalue weighted by atomic mass is 10.1. The second-order valence-electron chi connectivity index (χ2n) is 3.71. The Bertz CT molecular complexity index is 189. The number of alkyl halides is 1. The van der Waals surface area contributed by atoms with Gasteiger partial charge < -0.3 is 9.47 Å². The van der Waals surface area contributed by atoms with Gasteiger partial charge in [-0.1, -0.05) is 22.9 Å². The summed E-state index contributed by atoms with van der Waals surface area (Å²) in [6, 6.07) is 0. The molecule has 0 spiro atoms. The van der Waals surface area contributed by atoms with Gasteiger partial charge in [0.1, 0.15) is 0 Å². The molecule has 3 nitrogen and oxygen atoms in total. The van der Waals surface area contributed by atoms with Crippen LogP contribution in [-0.2, 0) is 14.3 Å². The van der Waals surface area contributed by atoms with E-state index < -0.39 is 0 Å². The van der Waals surface area contributed by atoms with E-state index in [1.807, 2.05) is 13.8 Å². The van der Waals surface area contributed by atoms with E-state index >= 15 is 0 Å². The van der Waals surface area contributed by atoms with Crippen molar-refractivity contribution in [3.05, 3.63) is 0 Å². The molecule has 1 saturated heterocycles. The normalized spacial score (nSPS) is 28.2. The summed E-state index contributed by atoms with van der Waals surface area (Å²) < 4.78 is 10.2. The van der Waals surface area contributed by atoms with Gasteiger partial charge in [-0.3, -0.25) is 4.79 Å². The highest BCUT2D eigenvalue weighted by Crippen LogP contribution is 2.29. The maximum absolute atomic E-state index is 11.2. The zero-order valence-corrected chi connectivity index (χ0v) is 9.59. The number of carbonyl (C=O) groups is 1. The molecule has 13 heavy (non-hydrogen) atoms. The van der Waals surface area contributed by atoms with Crippen LogP contribution in [0.2, 0.25) is 0 Å². The maximum Gasteiger partial charge on any atom is 0.309 e. The molecule has 0 aromatic carbocycles. The zero-order valence-electron chi connectivity index (χ0n) is 8.01. The van der Waals surface area contributed by atoms with Crippen LogP contribution >= 0.6 is 15.9 Å². The molecule has 1 unspecified atom stereocenters. The lowest BCUT2D eigenvalue weighted by Gasteiger charge is -2.09. The second kappa shape index (κ2) is 4.42. The van der Waals surface area contributed by atoms with Gasteiger partial charge in [0, 0.05) is 11.8 Å². The molecular formula is C9H15BrO3. The molecule has 0 N–H and O–H groups in total. The highest BCUT2D eigenvalue weighted by atomic mass is 79.9. The molecule has 1 rings (SSSR count).